The average Bonchev–Trinajstić information content (AvgIpc) is 1.68. The van der Waals surface area contributed by atoms with Gasteiger partial charge in [0.2, 0.25) is 0 Å². The number of nitrogens with two attached hydrogens (primary N) is 1. The van der Waals surface area contributed by atoms with Gasteiger partial charge in [0.25, 0.3) is 23.6 Å². The highest BCUT2D eigenvalue weighted by Gasteiger charge is 2.46. The number of fused-ring (bicyclic) bond motifs is 8. The predicted octanol–water partition coefficient (Wildman–Crippen LogP) is 16.6. The molecular formula is C87H97F9N6O6S2. The highest BCUT2D eigenvalue weighted by molar-refractivity contribution is 7.86. The standard InChI is InChI=1S/C36H39F3N2O3S.C31H30F3N3O2.C20H28F3NOS/c1-36(2,3)45(44)21-26(14-25-17-32(38)33(39)18-31(25)37)24-15-27-11-12-28(16-24)40(27)19-22-7-6-8-23(13-22)20-41-34(42)29-9-4-5-10-30(29)35(41)43;32-26-15-28(34)27(33)13-20(26)14-29(35)21-11-22-8-9-23(12-21)36(22)16-18-4-3-5-19(10-18)17-37-30(38)24-6-1-2-7-25(24)31(37)39;1-20(2,3)26(25)11-14(12-7-15-4-5-16(8-12)24-15)6-13-9-18(22)19(23)10-17(13)21/h4-10,13,17-18,24,26-28H,11-12,14-16,19-21H2,1-3H3;1-7,10,13,15,21-23,29H,8-9,11-12,14,16-17,35H2;9-10,12,14-16,24H,4-8,11H2,1-3H3/t24?,26-,27-,28+,45+;21?,22-,23+,29-;12?,14-,15-,16+,26+/m010/s1. The van der Waals surface area contributed by atoms with Gasteiger partial charge in [0.05, 0.1) is 35.3 Å². The number of carbonyl (C=O) groups is 4. The lowest BCUT2D eigenvalue weighted by Crippen LogP contribution is -2.47. The summed E-state index contributed by atoms with van der Waals surface area (Å²) >= 11 is 0. The van der Waals surface area contributed by atoms with E-state index in [0.717, 1.165) is 131 Å². The largest absolute Gasteiger partial charge is 0.327 e. The van der Waals surface area contributed by atoms with Crippen molar-refractivity contribution < 1.29 is 67.1 Å². The van der Waals surface area contributed by atoms with Crippen molar-refractivity contribution in [2.75, 3.05) is 11.5 Å². The summed E-state index contributed by atoms with van der Waals surface area (Å²) in [5.74, 6) is -8.62. The lowest BCUT2D eigenvalue weighted by atomic mass is 9.78. The number of hydrogen-bond acceptors (Lipinski definition) is 10. The van der Waals surface area contributed by atoms with Crippen molar-refractivity contribution in [3.05, 3.63) is 247 Å². The van der Waals surface area contributed by atoms with Gasteiger partial charge in [-0.3, -0.25) is 47.2 Å². The molecular weight excluding hydrogens is 1460 g/mol. The van der Waals surface area contributed by atoms with Crippen molar-refractivity contribution in [2.45, 2.75) is 216 Å². The van der Waals surface area contributed by atoms with Crippen LogP contribution in [0.15, 0.2) is 133 Å². The fourth-order valence-corrected chi connectivity index (χ4v) is 20.9. The quantitative estimate of drug-likeness (QED) is 0.0404. The van der Waals surface area contributed by atoms with Gasteiger partial charge in [-0.15, -0.1) is 0 Å². The second-order valence-electron chi connectivity index (χ2n) is 33.7. The first-order valence-electron chi connectivity index (χ1n) is 38.6. The molecule has 7 aromatic rings. The van der Waals surface area contributed by atoms with Crippen molar-refractivity contribution in [1.82, 2.24) is 24.9 Å². The molecule has 586 valence electrons. The fraction of sp³-hybridized carbons (Fsp3) is 0.471. The minimum Gasteiger partial charge on any atom is -0.327 e. The Labute approximate surface area is 643 Å². The van der Waals surface area contributed by atoms with Gasteiger partial charge in [0.1, 0.15) is 17.5 Å². The molecule has 8 heterocycles. The van der Waals surface area contributed by atoms with Crippen LogP contribution in [0, 0.1) is 81.9 Å². The molecule has 15 rings (SSSR count). The number of nitrogens with zero attached hydrogens (tertiary/aromatic N) is 4. The third-order valence-electron chi connectivity index (χ3n) is 24.2. The van der Waals surface area contributed by atoms with Gasteiger partial charge in [0, 0.05) is 116 Å². The highest BCUT2D eigenvalue weighted by Crippen LogP contribution is 2.46. The van der Waals surface area contributed by atoms with E-state index in [1.165, 1.54) is 9.80 Å². The molecule has 6 bridgehead atoms. The van der Waals surface area contributed by atoms with Crippen molar-refractivity contribution in [1.29, 1.82) is 0 Å². The molecule has 0 spiro atoms. The molecule has 7 aromatic carbocycles. The molecule has 14 atom stereocenters. The fourth-order valence-electron chi connectivity index (χ4n) is 18.3. The van der Waals surface area contributed by atoms with Crippen LogP contribution in [0.5, 0.6) is 0 Å². The summed E-state index contributed by atoms with van der Waals surface area (Å²) in [5, 5.41) is 3.59. The van der Waals surface area contributed by atoms with Crippen molar-refractivity contribution in [3.8, 4) is 0 Å². The third-order valence-corrected chi connectivity index (χ3v) is 28.4. The van der Waals surface area contributed by atoms with E-state index in [4.69, 9.17) is 5.73 Å². The van der Waals surface area contributed by atoms with Crippen LogP contribution < -0.4 is 11.1 Å². The van der Waals surface area contributed by atoms with E-state index in [1.807, 2.05) is 65.8 Å². The average molecular weight is 1560 g/mol. The van der Waals surface area contributed by atoms with E-state index in [1.54, 1.807) is 48.5 Å². The van der Waals surface area contributed by atoms with Crippen LogP contribution in [0.4, 0.5) is 39.5 Å². The minimum atomic E-state index is -1.20. The Bertz CT molecular complexity index is 4560. The van der Waals surface area contributed by atoms with Crippen LogP contribution in [-0.4, -0.2) is 115 Å². The summed E-state index contributed by atoms with van der Waals surface area (Å²) in [5.41, 5.74) is 12.7. The first-order chi connectivity index (χ1) is 52.3. The maximum atomic E-state index is 14.7. The zero-order valence-electron chi connectivity index (χ0n) is 63.0. The molecule has 8 aliphatic rings. The van der Waals surface area contributed by atoms with E-state index in [9.17, 15) is 67.1 Å². The molecule has 4 amide bonds. The lowest BCUT2D eigenvalue weighted by molar-refractivity contribution is 0.0627. The second kappa shape index (κ2) is 33.6. The van der Waals surface area contributed by atoms with E-state index >= 15 is 0 Å². The molecule has 110 heavy (non-hydrogen) atoms. The highest BCUT2D eigenvalue weighted by atomic mass is 32.2. The van der Waals surface area contributed by atoms with Gasteiger partial charge in [0.15, 0.2) is 34.9 Å². The number of hydrogen-bond donors (Lipinski definition) is 2. The number of amides is 4. The van der Waals surface area contributed by atoms with Gasteiger partial charge >= 0.3 is 0 Å². The monoisotopic (exact) mass is 1560 g/mol. The number of halogens is 9. The Morgan fingerprint density at radius 1 is 0.382 bits per heavy atom. The molecule has 12 nitrogen and oxygen atoms in total. The smallest absolute Gasteiger partial charge is 0.261 e. The SMILES string of the molecule is CC(C)(C)[S@](=O)C[C@H](Cc1cc(F)c(F)cc1F)C1C[C@H]2CC[C@@H](C1)N2.CC(C)(C)[S@](=O)C[C@H](Cc1cc(F)c(F)cc1F)C1C[C@H]2CC[C@@H](C1)N2Cc1cccc(CN2C(=O)c3ccccc3C2=O)c1.N[C@H](Cc1cc(F)c(F)cc1F)C1C[C@H]2CC[C@@H](C1)N2Cc1cccc(CN2C(=O)c3ccccc3C2=O)c1. The van der Waals surface area contributed by atoms with Crippen LogP contribution in [0.25, 0.3) is 0 Å². The molecule has 3 unspecified atom stereocenters. The predicted molar refractivity (Wildman–Crippen MR) is 408 cm³/mol. The summed E-state index contributed by atoms with van der Waals surface area (Å²) in [6.07, 6.45) is 12.6. The van der Waals surface area contributed by atoms with E-state index in [-0.39, 0.29) is 101 Å². The van der Waals surface area contributed by atoms with Gasteiger partial charge in [-0.25, -0.2) is 39.5 Å². The summed E-state index contributed by atoms with van der Waals surface area (Å²) in [4.78, 5) is 59.0. The number of benzene rings is 7. The van der Waals surface area contributed by atoms with Crippen LogP contribution in [-0.2, 0) is 67.0 Å². The summed E-state index contributed by atoms with van der Waals surface area (Å²) < 4.78 is 150. The van der Waals surface area contributed by atoms with Crippen LogP contribution in [0.1, 0.15) is 199 Å². The third kappa shape index (κ3) is 18.2. The van der Waals surface area contributed by atoms with Crippen molar-refractivity contribution in [3.63, 3.8) is 0 Å². The summed E-state index contributed by atoms with van der Waals surface area (Å²) in [6, 6.07) is 36.4. The molecule has 6 fully saturated rings. The van der Waals surface area contributed by atoms with Crippen LogP contribution in [0.2, 0.25) is 0 Å². The molecule has 6 saturated heterocycles. The summed E-state index contributed by atoms with van der Waals surface area (Å²) in [6.45, 7) is 13.5. The Hall–Kier alpha value is -7.67. The summed E-state index contributed by atoms with van der Waals surface area (Å²) in [7, 11) is -2.25. The molecule has 0 aromatic heterocycles. The normalized spacial score (nSPS) is 24.3. The maximum Gasteiger partial charge on any atom is 0.261 e. The van der Waals surface area contributed by atoms with E-state index in [2.05, 4.69) is 39.4 Å². The Morgan fingerprint density at radius 2 is 0.682 bits per heavy atom. The zero-order valence-corrected chi connectivity index (χ0v) is 64.6. The van der Waals surface area contributed by atoms with Gasteiger partial charge in [-0.1, -0.05) is 72.8 Å². The number of imide groups is 2. The Balaban J connectivity index is 0.000000150. The molecule has 0 saturated carbocycles. The van der Waals surface area contributed by atoms with E-state index in [0.29, 0.717) is 101 Å². The Kier molecular flexibility index (Phi) is 24.5. The van der Waals surface area contributed by atoms with Gasteiger partial charge < -0.3 is 11.1 Å². The first kappa shape index (κ1) is 80.4. The zero-order chi connectivity index (χ0) is 78.4. The molecule has 3 N–H and O–H groups in total. The number of rotatable bonds is 21. The van der Waals surface area contributed by atoms with Crippen molar-refractivity contribution >= 4 is 45.2 Å². The minimum absolute atomic E-state index is 0.000352. The number of nitrogens with one attached hydrogen (secondary N) is 1. The van der Waals surface area contributed by atoms with Gasteiger partial charge in [-0.05, 0) is 249 Å². The Morgan fingerprint density at radius 3 is 1.02 bits per heavy atom. The molecule has 8 aliphatic heterocycles. The van der Waals surface area contributed by atoms with Gasteiger partial charge in [-0.2, -0.15) is 0 Å². The van der Waals surface area contributed by atoms with Crippen molar-refractivity contribution in [2.24, 2.45) is 35.3 Å². The maximum absolute atomic E-state index is 14.7. The first-order valence-corrected chi connectivity index (χ1v) is 41.2. The second-order valence-corrected chi connectivity index (χ2v) is 38.2. The topological polar surface area (TPSA) is 153 Å². The number of piperidine rings is 3. The molecule has 0 aliphatic carbocycles. The number of carbonyl (C=O) groups excluding carboxylic acids is 4. The molecule has 0 radical (unpaired) electrons. The van der Waals surface area contributed by atoms with Crippen LogP contribution in [0.3, 0.4) is 0 Å². The molecule has 23 heteroatoms. The van der Waals surface area contributed by atoms with E-state index < -0.39 is 78.7 Å². The van der Waals surface area contributed by atoms with Crippen LogP contribution >= 0.6 is 0 Å². The lowest BCUT2D eigenvalue weighted by Gasteiger charge is -2.42.